The Labute approximate surface area is 170 Å². The molecule has 0 aromatic carbocycles. The lowest BCUT2D eigenvalue weighted by atomic mass is 10.2. The van der Waals surface area contributed by atoms with E-state index in [2.05, 4.69) is 15.2 Å². The molecule has 0 atom stereocenters. The Morgan fingerprint density at radius 3 is 2.28 bits per heavy atom. The monoisotopic (exact) mass is 397 g/mol. The molecule has 2 saturated heterocycles. The molecule has 2 aliphatic heterocycles. The minimum atomic E-state index is -0.164. The fraction of sp³-hybridized carbons (Fsp3) is 0.476. The highest BCUT2D eigenvalue weighted by molar-refractivity contribution is 5.95. The smallest absolute Gasteiger partial charge is 0.322 e. The summed E-state index contributed by atoms with van der Waals surface area (Å²) in [6.07, 6.45) is 4.11. The van der Waals surface area contributed by atoms with Gasteiger partial charge >= 0.3 is 6.03 Å². The number of carbonyl (C=O) groups excluding carboxylic acids is 2. The molecule has 4 heterocycles. The number of hydrogen-bond acceptors (Lipinski definition) is 5. The van der Waals surface area contributed by atoms with Crippen LogP contribution in [0.3, 0.4) is 0 Å². The highest BCUT2D eigenvalue weighted by Crippen LogP contribution is 2.20. The van der Waals surface area contributed by atoms with Gasteiger partial charge in [0.1, 0.15) is 17.3 Å². The second-order valence-electron chi connectivity index (χ2n) is 7.64. The zero-order valence-electron chi connectivity index (χ0n) is 17.0. The second kappa shape index (κ2) is 8.14. The largest absolute Gasteiger partial charge is 0.466 e. The molecule has 2 aromatic heterocycles. The van der Waals surface area contributed by atoms with Gasteiger partial charge in [-0.3, -0.25) is 4.79 Å². The van der Waals surface area contributed by atoms with E-state index in [9.17, 15) is 9.59 Å². The molecule has 8 heteroatoms. The van der Waals surface area contributed by atoms with Crippen molar-refractivity contribution in [3.8, 4) is 0 Å². The van der Waals surface area contributed by atoms with Gasteiger partial charge < -0.3 is 24.4 Å². The van der Waals surface area contributed by atoms with Crippen molar-refractivity contribution in [3.05, 3.63) is 41.5 Å². The highest BCUT2D eigenvalue weighted by Gasteiger charge is 2.27. The van der Waals surface area contributed by atoms with E-state index < -0.39 is 0 Å². The summed E-state index contributed by atoms with van der Waals surface area (Å²) >= 11 is 0. The zero-order valence-corrected chi connectivity index (χ0v) is 17.0. The Balaban J connectivity index is 1.29. The van der Waals surface area contributed by atoms with Crippen molar-refractivity contribution in [1.82, 2.24) is 14.8 Å². The minimum absolute atomic E-state index is 0.0406. The van der Waals surface area contributed by atoms with Crippen molar-refractivity contribution < 1.29 is 14.0 Å². The third-order valence-electron chi connectivity index (χ3n) is 5.55. The van der Waals surface area contributed by atoms with Crippen LogP contribution in [0.25, 0.3) is 0 Å². The van der Waals surface area contributed by atoms with E-state index in [0.29, 0.717) is 43.2 Å². The number of nitrogens with zero attached hydrogens (tertiary/aromatic N) is 4. The third kappa shape index (κ3) is 4.21. The van der Waals surface area contributed by atoms with Crippen molar-refractivity contribution >= 4 is 23.4 Å². The molecular formula is C21H27N5O3. The standard InChI is InChI=1S/C21H27N5O3/c1-15-13-18(16(2)29-15)20(27)25-9-11-26(12-10-25)21(28)23-17-5-6-19(22-14-17)24-7-3-4-8-24/h5-6,13-14H,3-4,7-12H2,1-2H3,(H,23,28). The Kier molecular flexibility index (Phi) is 5.42. The van der Waals surface area contributed by atoms with Crippen LogP contribution in [0.2, 0.25) is 0 Å². The second-order valence-corrected chi connectivity index (χ2v) is 7.64. The van der Waals surface area contributed by atoms with E-state index in [0.717, 1.165) is 24.7 Å². The number of hydrogen-bond donors (Lipinski definition) is 1. The van der Waals surface area contributed by atoms with E-state index in [1.54, 1.807) is 29.0 Å². The first-order valence-corrected chi connectivity index (χ1v) is 10.1. The maximum Gasteiger partial charge on any atom is 0.322 e. The van der Waals surface area contributed by atoms with Crippen molar-refractivity contribution in [2.24, 2.45) is 0 Å². The van der Waals surface area contributed by atoms with Gasteiger partial charge in [0.25, 0.3) is 5.91 Å². The number of piperazine rings is 1. The molecule has 4 rings (SSSR count). The number of furan rings is 1. The van der Waals surface area contributed by atoms with Crippen molar-refractivity contribution in [2.75, 3.05) is 49.5 Å². The van der Waals surface area contributed by atoms with Crippen LogP contribution in [0.4, 0.5) is 16.3 Å². The van der Waals surface area contributed by atoms with E-state index >= 15 is 0 Å². The number of pyridine rings is 1. The summed E-state index contributed by atoms with van der Waals surface area (Å²) in [5.74, 6) is 2.28. The van der Waals surface area contributed by atoms with Crippen molar-refractivity contribution in [3.63, 3.8) is 0 Å². The Morgan fingerprint density at radius 1 is 1.00 bits per heavy atom. The van der Waals surface area contributed by atoms with Gasteiger partial charge in [0.2, 0.25) is 0 Å². The molecule has 0 bridgehead atoms. The van der Waals surface area contributed by atoms with Crippen LogP contribution in [0.5, 0.6) is 0 Å². The van der Waals surface area contributed by atoms with Gasteiger partial charge in [0.05, 0.1) is 17.4 Å². The molecule has 2 aromatic rings. The first-order chi connectivity index (χ1) is 14.0. The summed E-state index contributed by atoms with van der Waals surface area (Å²) in [6.45, 7) is 7.70. The third-order valence-corrected chi connectivity index (χ3v) is 5.55. The van der Waals surface area contributed by atoms with Gasteiger partial charge in [-0.05, 0) is 44.9 Å². The number of carbonyl (C=O) groups is 2. The summed E-state index contributed by atoms with van der Waals surface area (Å²) in [5.41, 5.74) is 1.28. The number of rotatable bonds is 3. The van der Waals surface area contributed by atoms with E-state index in [1.807, 2.05) is 19.1 Å². The average Bonchev–Trinajstić information content (AvgIpc) is 3.38. The number of aryl methyl sites for hydroxylation is 2. The summed E-state index contributed by atoms with van der Waals surface area (Å²) < 4.78 is 5.46. The van der Waals surface area contributed by atoms with Gasteiger partial charge in [-0.25, -0.2) is 9.78 Å². The van der Waals surface area contributed by atoms with Crippen LogP contribution in [0.15, 0.2) is 28.8 Å². The minimum Gasteiger partial charge on any atom is -0.466 e. The fourth-order valence-corrected chi connectivity index (χ4v) is 3.92. The summed E-state index contributed by atoms with van der Waals surface area (Å²) in [4.78, 5) is 35.5. The fourth-order valence-electron chi connectivity index (χ4n) is 3.92. The Bertz CT molecular complexity index is 878. The summed E-state index contributed by atoms with van der Waals surface area (Å²) in [6, 6.07) is 5.45. The van der Waals surface area contributed by atoms with E-state index in [4.69, 9.17) is 4.42 Å². The average molecular weight is 397 g/mol. The SMILES string of the molecule is Cc1cc(C(=O)N2CCN(C(=O)Nc3ccc(N4CCCC4)nc3)CC2)c(C)o1. The molecule has 2 fully saturated rings. The number of urea groups is 1. The summed E-state index contributed by atoms with van der Waals surface area (Å²) in [7, 11) is 0. The van der Waals surface area contributed by atoms with Crippen LogP contribution < -0.4 is 10.2 Å². The van der Waals surface area contributed by atoms with Gasteiger partial charge in [0.15, 0.2) is 0 Å². The van der Waals surface area contributed by atoms with E-state index in [-0.39, 0.29) is 11.9 Å². The van der Waals surface area contributed by atoms with Gasteiger partial charge in [-0.2, -0.15) is 0 Å². The molecule has 1 N–H and O–H groups in total. The number of anilines is 2. The molecule has 0 saturated carbocycles. The lowest BCUT2D eigenvalue weighted by molar-refractivity contribution is 0.0670. The molecule has 0 aliphatic carbocycles. The molecule has 0 radical (unpaired) electrons. The van der Waals surface area contributed by atoms with Crippen LogP contribution in [0.1, 0.15) is 34.7 Å². The maximum absolute atomic E-state index is 12.7. The topological polar surface area (TPSA) is 81.9 Å². The first-order valence-electron chi connectivity index (χ1n) is 10.1. The van der Waals surface area contributed by atoms with Crippen LogP contribution in [-0.2, 0) is 0 Å². The number of nitrogens with one attached hydrogen (secondary N) is 1. The molecule has 2 aliphatic rings. The van der Waals surface area contributed by atoms with Gasteiger partial charge in [-0.1, -0.05) is 0 Å². The zero-order chi connectivity index (χ0) is 20.4. The normalized spacial score (nSPS) is 17.0. The molecule has 0 spiro atoms. The van der Waals surface area contributed by atoms with Gasteiger partial charge in [-0.15, -0.1) is 0 Å². The Hall–Kier alpha value is -3.03. The quantitative estimate of drug-likeness (QED) is 0.861. The lowest BCUT2D eigenvalue weighted by Gasteiger charge is -2.34. The highest BCUT2D eigenvalue weighted by atomic mass is 16.3. The lowest BCUT2D eigenvalue weighted by Crippen LogP contribution is -2.51. The molecular weight excluding hydrogens is 370 g/mol. The van der Waals surface area contributed by atoms with Crippen molar-refractivity contribution in [2.45, 2.75) is 26.7 Å². The Morgan fingerprint density at radius 2 is 1.69 bits per heavy atom. The first kappa shape index (κ1) is 19.3. The molecule has 0 unspecified atom stereocenters. The predicted molar refractivity (Wildman–Crippen MR) is 110 cm³/mol. The molecule has 3 amide bonds. The maximum atomic E-state index is 12.7. The molecule has 8 nitrogen and oxygen atoms in total. The molecule has 154 valence electrons. The van der Waals surface area contributed by atoms with E-state index in [1.165, 1.54) is 12.8 Å². The van der Waals surface area contributed by atoms with Crippen LogP contribution >= 0.6 is 0 Å². The number of amides is 3. The summed E-state index contributed by atoms with van der Waals surface area (Å²) in [5, 5.41) is 2.91. The predicted octanol–water partition coefficient (Wildman–Crippen LogP) is 2.88. The van der Waals surface area contributed by atoms with Crippen LogP contribution in [-0.4, -0.2) is 66.0 Å². The number of aromatic nitrogens is 1. The van der Waals surface area contributed by atoms with Gasteiger partial charge in [0, 0.05) is 39.3 Å². The van der Waals surface area contributed by atoms with Crippen molar-refractivity contribution in [1.29, 1.82) is 0 Å². The molecule has 29 heavy (non-hydrogen) atoms. The van der Waals surface area contributed by atoms with Crippen LogP contribution in [0, 0.1) is 13.8 Å².